The third kappa shape index (κ3) is 5.22. The largest absolute Gasteiger partial charge is 0.261 e. The van der Waals surface area contributed by atoms with Gasteiger partial charge in [-0.25, -0.2) is 25.3 Å². The van der Waals surface area contributed by atoms with Crippen LogP contribution in [0.3, 0.4) is 0 Å². The van der Waals surface area contributed by atoms with Gasteiger partial charge in [-0.3, -0.25) is 0 Å². The lowest BCUT2D eigenvalue weighted by Crippen LogP contribution is -2.31. The van der Waals surface area contributed by atoms with Gasteiger partial charge in [-0.1, -0.05) is 0 Å². The van der Waals surface area contributed by atoms with Gasteiger partial charge >= 0.3 is 0 Å². The van der Waals surface area contributed by atoms with E-state index in [1.807, 2.05) is 0 Å². The first-order chi connectivity index (χ1) is 9.34. The summed E-state index contributed by atoms with van der Waals surface area (Å²) in [5, 5.41) is 0. The monoisotopic (exact) mass is 375 g/mol. The van der Waals surface area contributed by atoms with E-state index in [4.69, 9.17) is 10.7 Å². The highest BCUT2D eigenvalue weighted by Crippen LogP contribution is 2.19. The molecule has 0 aromatic heterocycles. The molecule has 0 heterocycles. The van der Waals surface area contributed by atoms with Crippen molar-refractivity contribution in [1.29, 1.82) is 0 Å². The first-order valence-corrected chi connectivity index (χ1v) is 11.3. The summed E-state index contributed by atoms with van der Waals surface area (Å²) < 4.78 is 69.5. The van der Waals surface area contributed by atoms with Gasteiger partial charge in [0, 0.05) is 30.5 Å². The minimum absolute atomic E-state index is 0.150. The zero-order chi connectivity index (χ0) is 16.5. The molecule has 21 heavy (non-hydrogen) atoms. The van der Waals surface area contributed by atoms with E-state index in [2.05, 4.69) is 0 Å². The highest BCUT2D eigenvalue weighted by molar-refractivity contribution is 8.13. The van der Waals surface area contributed by atoms with E-state index in [0.717, 1.165) is 34.8 Å². The summed E-state index contributed by atoms with van der Waals surface area (Å²) in [4.78, 5) is -0.371. The Hall–Kier alpha value is -0.680. The highest BCUT2D eigenvalue weighted by atomic mass is 35.7. The Morgan fingerprint density at radius 3 is 1.76 bits per heavy atom. The van der Waals surface area contributed by atoms with Crippen LogP contribution in [0.4, 0.5) is 0 Å². The van der Waals surface area contributed by atoms with Crippen LogP contribution in [0.5, 0.6) is 0 Å². The number of sulfone groups is 1. The standard InChI is InChI=1S/C10H14ClNO6S3/c1-12(7-8-19(2,13)14)21(17,18)10-5-3-9(4-6-10)20(11,15)16/h3-6H,7-8H2,1-2H3. The highest BCUT2D eigenvalue weighted by Gasteiger charge is 2.22. The average molecular weight is 376 g/mol. The lowest BCUT2D eigenvalue weighted by Gasteiger charge is -2.16. The van der Waals surface area contributed by atoms with Crippen LogP contribution in [0.1, 0.15) is 0 Å². The molecule has 0 aliphatic carbocycles. The van der Waals surface area contributed by atoms with Crippen molar-refractivity contribution < 1.29 is 25.3 Å². The molecule has 11 heteroatoms. The molecule has 0 aliphatic heterocycles. The Bertz CT molecular complexity index is 812. The van der Waals surface area contributed by atoms with E-state index in [9.17, 15) is 25.3 Å². The van der Waals surface area contributed by atoms with E-state index in [1.54, 1.807) is 0 Å². The van der Waals surface area contributed by atoms with Gasteiger partial charge in [0.05, 0.1) is 15.5 Å². The van der Waals surface area contributed by atoms with Crippen molar-refractivity contribution in [3.63, 3.8) is 0 Å². The Balaban J connectivity index is 3.03. The quantitative estimate of drug-likeness (QED) is 0.661. The normalized spacial score (nSPS) is 13.5. The molecule has 0 bridgehead atoms. The second kappa shape index (κ2) is 6.21. The van der Waals surface area contributed by atoms with Crippen molar-refractivity contribution >= 4 is 39.6 Å². The molecule has 0 fully saturated rings. The fraction of sp³-hybridized carbons (Fsp3) is 0.400. The van der Waals surface area contributed by atoms with Gasteiger partial charge in [-0.15, -0.1) is 0 Å². The van der Waals surface area contributed by atoms with Crippen LogP contribution < -0.4 is 0 Å². The predicted octanol–water partition coefficient (Wildman–Crippen LogP) is 0.279. The van der Waals surface area contributed by atoms with Crippen molar-refractivity contribution in [3.8, 4) is 0 Å². The fourth-order valence-electron chi connectivity index (χ4n) is 1.37. The Morgan fingerprint density at radius 2 is 1.38 bits per heavy atom. The predicted molar refractivity (Wildman–Crippen MR) is 79.0 cm³/mol. The Kier molecular flexibility index (Phi) is 5.43. The van der Waals surface area contributed by atoms with Crippen LogP contribution in [-0.2, 0) is 28.9 Å². The van der Waals surface area contributed by atoms with Crippen molar-refractivity contribution in [1.82, 2.24) is 4.31 Å². The van der Waals surface area contributed by atoms with Gasteiger partial charge in [0.2, 0.25) is 10.0 Å². The van der Waals surface area contributed by atoms with Crippen LogP contribution in [0.2, 0.25) is 0 Å². The molecule has 0 N–H and O–H groups in total. The Labute approximate surface area is 128 Å². The summed E-state index contributed by atoms with van der Waals surface area (Å²) in [6.45, 7) is -0.198. The minimum Gasteiger partial charge on any atom is -0.229 e. The van der Waals surface area contributed by atoms with Crippen LogP contribution in [0.25, 0.3) is 0 Å². The average Bonchev–Trinajstić information content (AvgIpc) is 2.34. The van der Waals surface area contributed by atoms with Crippen molar-refractivity contribution in [3.05, 3.63) is 24.3 Å². The van der Waals surface area contributed by atoms with E-state index >= 15 is 0 Å². The van der Waals surface area contributed by atoms with Crippen molar-refractivity contribution in [2.75, 3.05) is 25.6 Å². The molecule has 0 saturated carbocycles. The third-order valence-corrected chi connectivity index (χ3v) is 6.76. The van der Waals surface area contributed by atoms with Crippen LogP contribution in [0.15, 0.2) is 34.1 Å². The first-order valence-electron chi connectivity index (χ1n) is 5.53. The summed E-state index contributed by atoms with van der Waals surface area (Å²) >= 11 is 0. The zero-order valence-corrected chi connectivity index (χ0v) is 14.4. The summed E-state index contributed by atoms with van der Waals surface area (Å²) in [7, 11) is -4.74. The van der Waals surface area contributed by atoms with Crippen LogP contribution in [0, 0.1) is 0 Å². The molecular weight excluding hydrogens is 362 g/mol. The fourth-order valence-corrected chi connectivity index (χ4v) is 4.03. The lowest BCUT2D eigenvalue weighted by atomic mass is 10.4. The van der Waals surface area contributed by atoms with Gasteiger partial charge in [0.15, 0.2) is 0 Å². The van der Waals surface area contributed by atoms with E-state index in [0.29, 0.717) is 0 Å². The van der Waals surface area contributed by atoms with Crippen molar-refractivity contribution in [2.45, 2.75) is 9.79 Å². The maximum Gasteiger partial charge on any atom is 0.261 e. The maximum absolute atomic E-state index is 12.2. The molecule has 120 valence electrons. The van der Waals surface area contributed by atoms with Gasteiger partial charge in [0.25, 0.3) is 9.05 Å². The number of rotatable bonds is 6. The number of benzene rings is 1. The van der Waals surface area contributed by atoms with Crippen molar-refractivity contribution in [2.24, 2.45) is 0 Å². The lowest BCUT2D eigenvalue weighted by molar-refractivity contribution is 0.484. The summed E-state index contributed by atoms with van der Waals surface area (Å²) in [5.74, 6) is -0.309. The molecule has 1 aromatic carbocycles. The molecule has 1 rings (SSSR count). The van der Waals surface area contributed by atoms with Gasteiger partial charge in [0.1, 0.15) is 9.84 Å². The number of nitrogens with zero attached hydrogens (tertiary/aromatic N) is 1. The van der Waals surface area contributed by atoms with E-state index < -0.39 is 28.9 Å². The SMILES string of the molecule is CN(CCS(C)(=O)=O)S(=O)(=O)c1ccc(S(=O)(=O)Cl)cc1. The van der Waals surface area contributed by atoms with Crippen LogP contribution >= 0.6 is 10.7 Å². The third-order valence-electron chi connectivity index (χ3n) is 2.59. The number of hydrogen-bond donors (Lipinski definition) is 0. The summed E-state index contributed by atoms with van der Waals surface area (Å²) in [5.41, 5.74) is 0. The van der Waals surface area contributed by atoms with Crippen LogP contribution in [-0.4, -0.2) is 55.2 Å². The molecule has 0 saturated heterocycles. The van der Waals surface area contributed by atoms with E-state index in [-0.39, 0.29) is 22.1 Å². The van der Waals surface area contributed by atoms with Gasteiger partial charge in [-0.2, -0.15) is 4.31 Å². The zero-order valence-electron chi connectivity index (χ0n) is 11.2. The molecular formula is C10H14ClNO6S3. The molecule has 1 aromatic rings. The summed E-state index contributed by atoms with van der Waals surface area (Å²) in [6, 6.07) is 4.34. The molecule has 0 radical (unpaired) electrons. The van der Waals surface area contributed by atoms with Gasteiger partial charge in [-0.05, 0) is 24.3 Å². The smallest absolute Gasteiger partial charge is 0.229 e. The minimum atomic E-state index is -3.93. The molecule has 0 aliphatic rings. The maximum atomic E-state index is 12.2. The number of halogens is 1. The topological polar surface area (TPSA) is 106 Å². The molecule has 0 atom stereocenters. The number of sulfonamides is 1. The summed E-state index contributed by atoms with van der Waals surface area (Å²) in [6.07, 6.45) is 1.01. The number of hydrogen-bond acceptors (Lipinski definition) is 6. The first kappa shape index (κ1) is 18.4. The second-order valence-corrected chi connectivity index (χ2v) is 11.2. The molecule has 0 spiro atoms. The second-order valence-electron chi connectivity index (χ2n) is 4.37. The Morgan fingerprint density at radius 1 is 0.952 bits per heavy atom. The molecule has 7 nitrogen and oxygen atoms in total. The molecule has 0 unspecified atom stereocenters. The molecule has 0 amide bonds. The van der Waals surface area contributed by atoms with Gasteiger partial charge < -0.3 is 0 Å². The van der Waals surface area contributed by atoms with E-state index in [1.165, 1.54) is 7.05 Å².